The first-order valence-electron chi connectivity index (χ1n) is 6.87. The molecule has 3 nitrogen and oxygen atoms in total. The van der Waals surface area contributed by atoms with Crippen molar-refractivity contribution in [2.24, 2.45) is 0 Å². The molecule has 3 N–H and O–H groups in total. The van der Waals surface area contributed by atoms with Crippen LogP contribution in [-0.2, 0) is 26.2 Å². The third-order valence-electron chi connectivity index (χ3n) is 1.61. The Hall–Kier alpha value is 0.516. The Morgan fingerprint density at radius 3 is 1.14 bits per heavy atom. The van der Waals surface area contributed by atoms with Gasteiger partial charge in [0, 0.05) is 46.0 Å². The Balaban J connectivity index is -0.0000000973. The fraction of sp³-hybridized carbons (Fsp3) is 0.643. The molecule has 1 rings (SSSR count). The monoisotopic (exact) mass is 447 g/mol. The summed E-state index contributed by atoms with van der Waals surface area (Å²) >= 11 is -3.89. The van der Waals surface area contributed by atoms with E-state index in [1.165, 1.54) is 12.1 Å². The van der Waals surface area contributed by atoms with Gasteiger partial charge >= 0.3 is 50.9 Å². The van der Waals surface area contributed by atoms with Gasteiger partial charge in [-0.1, -0.05) is 20.8 Å². The summed E-state index contributed by atoms with van der Waals surface area (Å²) in [7, 11) is 0. The molecular formula is C14H29F2GeO3Zr-. The van der Waals surface area contributed by atoms with Crippen molar-refractivity contribution in [2.75, 3.05) is 19.8 Å². The van der Waals surface area contributed by atoms with E-state index < -0.39 is 15.3 Å². The maximum Gasteiger partial charge on any atom is 0 e. The molecular weight excluding hydrogens is 418 g/mol. The molecule has 0 saturated heterocycles. The normalized spacial score (nSPS) is 8.24. The summed E-state index contributed by atoms with van der Waals surface area (Å²) in [6.07, 6.45) is 2.62. The van der Waals surface area contributed by atoms with Gasteiger partial charge in [0.15, 0.2) is 0 Å². The minimum atomic E-state index is -3.89. The van der Waals surface area contributed by atoms with Gasteiger partial charge in [0.05, 0.1) is 0 Å². The van der Waals surface area contributed by atoms with Crippen molar-refractivity contribution in [3.63, 3.8) is 0 Å². The third-order valence-corrected chi connectivity index (χ3v) is 3.48. The predicted octanol–water partition coefficient (Wildman–Crippen LogP) is 1.94. The molecule has 0 saturated carbocycles. The van der Waals surface area contributed by atoms with Crippen molar-refractivity contribution >= 4 is 19.7 Å². The first-order chi connectivity index (χ1) is 9.55. The molecule has 0 amide bonds. The van der Waals surface area contributed by atoms with Crippen LogP contribution in [0.5, 0.6) is 0 Å². The predicted molar refractivity (Wildman–Crippen MR) is 83.2 cm³/mol. The van der Waals surface area contributed by atoms with Crippen LogP contribution in [0.1, 0.15) is 40.0 Å². The Morgan fingerprint density at radius 1 is 0.810 bits per heavy atom. The van der Waals surface area contributed by atoms with Crippen LogP contribution in [0.3, 0.4) is 0 Å². The van der Waals surface area contributed by atoms with Gasteiger partial charge in [0.2, 0.25) is 0 Å². The molecule has 0 fully saturated rings. The second kappa shape index (κ2) is 28.6. The molecule has 0 heterocycles. The Morgan fingerprint density at radius 2 is 1.05 bits per heavy atom. The molecule has 0 radical (unpaired) electrons. The molecule has 21 heavy (non-hydrogen) atoms. The summed E-state index contributed by atoms with van der Waals surface area (Å²) in [5.41, 5.74) is 0. The first kappa shape index (κ1) is 29.5. The first-order valence-corrected chi connectivity index (χ1v) is 9.92. The zero-order valence-electron chi connectivity index (χ0n) is 13.2. The standard InChI is InChI=1S/C5H5F2Ge.3C3H8O.Zr/c6-8(7)5-3-1-2-4-5;3*1-2-3-4;/h1-4,8H;3*4H,2-3H2,1H3;/q-1;;;;. The van der Waals surface area contributed by atoms with E-state index in [1.807, 2.05) is 20.8 Å². The molecule has 0 aromatic heterocycles. The van der Waals surface area contributed by atoms with Crippen molar-refractivity contribution in [2.45, 2.75) is 40.0 Å². The summed E-state index contributed by atoms with van der Waals surface area (Å²) in [5.74, 6) is 0. The molecule has 0 aliphatic heterocycles. The number of hydrogen-bond acceptors (Lipinski definition) is 3. The summed E-state index contributed by atoms with van der Waals surface area (Å²) in [5, 5.41) is 23.6. The van der Waals surface area contributed by atoms with Crippen molar-refractivity contribution in [1.82, 2.24) is 0 Å². The zero-order chi connectivity index (χ0) is 16.2. The summed E-state index contributed by atoms with van der Waals surface area (Å²) in [6.45, 7) is 6.75. The van der Waals surface area contributed by atoms with Crippen LogP contribution in [-0.4, -0.2) is 50.4 Å². The summed E-state index contributed by atoms with van der Waals surface area (Å²) in [6, 6.07) is 6.27. The van der Waals surface area contributed by atoms with Crippen molar-refractivity contribution < 1.29 is 48.5 Å². The Kier molecular flexibility index (Phi) is 40.3. The number of rotatable bonds is 4. The fourth-order valence-electron chi connectivity index (χ4n) is 0.534. The van der Waals surface area contributed by atoms with Crippen LogP contribution >= 0.6 is 0 Å². The van der Waals surface area contributed by atoms with Gasteiger partial charge in [-0.25, -0.2) is 0 Å². The molecule has 126 valence electrons. The molecule has 0 bridgehead atoms. The van der Waals surface area contributed by atoms with Crippen molar-refractivity contribution in [3.8, 4) is 0 Å². The molecule has 0 unspecified atom stereocenters. The summed E-state index contributed by atoms with van der Waals surface area (Å²) in [4.78, 5) is 0. The van der Waals surface area contributed by atoms with E-state index in [0.29, 0.717) is 19.8 Å². The molecule has 1 aromatic rings. The summed E-state index contributed by atoms with van der Waals surface area (Å²) < 4.78 is 23.9. The molecule has 0 aliphatic carbocycles. The number of aliphatic hydroxyl groups is 3. The largest absolute Gasteiger partial charge is 0 e. The van der Waals surface area contributed by atoms with E-state index in [9.17, 15) is 7.00 Å². The number of hydrogen-bond donors (Lipinski definition) is 3. The van der Waals surface area contributed by atoms with Gasteiger partial charge in [0.25, 0.3) is 0 Å². The molecule has 0 aliphatic rings. The molecule has 0 spiro atoms. The van der Waals surface area contributed by atoms with Crippen LogP contribution in [0.25, 0.3) is 0 Å². The van der Waals surface area contributed by atoms with Crippen LogP contribution in [0.2, 0.25) is 0 Å². The SMILES string of the molecule is CCCO.CCCO.CCCO.[F][GeH]([F])[c-]1cccc1.[Zr]. The van der Waals surface area contributed by atoms with Gasteiger partial charge in [-0.2, -0.15) is 0 Å². The van der Waals surface area contributed by atoms with Crippen LogP contribution in [0.15, 0.2) is 24.3 Å². The maximum absolute atomic E-state index is 11.8. The molecule has 0 atom stereocenters. The Labute approximate surface area is 152 Å². The average molecular weight is 447 g/mol. The van der Waals surface area contributed by atoms with Gasteiger partial charge in [-0.15, -0.1) is 0 Å². The van der Waals surface area contributed by atoms with Gasteiger partial charge in [0.1, 0.15) is 0 Å². The smallest absolute Gasteiger partial charge is 0 e. The number of halogens is 2. The molecule has 1 aromatic carbocycles. The third kappa shape index (κ3) is 33.4. The zero-order valence-corrected chi connectivity index (χ0v) is 18.1. The molecule has 7 heteroatoms. The second-order valence-corrected chi connectivity index (χ2v) is 6.35. The fourth-order valence-corrected chi connectivity index (χ4v) is 1.61. The quantitative estimate of drug-likeness (QED) is 0.489. The van der Waals surface area contributed by atoms with E-state index in [-0.39, 0.29) is 30.6 Å². The van der Waals surface area contributed by atoms with Crippen LogP contribution in [0.4, 0.5) is 7.00 Å². The van der Waals surface area contributed by atoms with E-state index in [1.54, 1.807) is 12.1 Å². The minimum absolute atomic E-state index is 0. The average Bonchev–Trinajstić information content (AvgIpc) is 3.02. The Bertz CT molecular complexity index is 223. The second-order valence-electron chi connectivity index (χ2n) is 3.69. The number of aliphatic hydroxyl groups excluding tert-OH is 3. The maximum atomic E-state index is 11.8. The van der Waals surface area contributed by atoms with Gasteiger partial charge < -0.3 is 15.3 Å². The van der Waals surface area contributed by atoms with Crippen LogP contribution < -0.4 is 4.40 Å². The van der Waals surface area contributed by atoms with E-state index in [2.05, 4.69) is 0 Å². The van der Waals surface area contributed by atoms with Crippen LogP contribution in [0, 0.1) is 0 Å². The van der Waals surface area contributed by atoms with E-state index in [0.717, 1.165) is 19.3 Å². The van der Waals surface area contributed by atoms with Gasteiger partial charge in [-0.3, -0.25) is 0 Å². The van der Waals surface area contributed by atoms with Crippen molar-refractivity contribution in [1.29, 1.82) is 0 Å². The van der Waals surface area contributed by atoms with E-state index >= 15 is 0 Å². The minimum Gasteiger partial charge on any atom is 0 e. The van der Waals surface area contributed by atoms with E-state index in [4.69, 9.17) is 15.3 Å². The van der Waals surface area contributed by atoms with Gasteiger partial charge in [-0.05, 0) is 19.3 Å². The topological polar surface area (TPSA) is 60.7 Å². The van der Waals surface area contributed by atoms with Crippen molar-refractivity contribution in [3.05, 3.63) is 24.3 Å².